The zero-order valence-corrected chi connectivity index (χ0v) is 18.5. The fraction of sp³-hybridized carbons (Fsp3) is 0.333. The summed E-state index contributed by atoms with van der Waals surface area (Å²) in [5.74, 6) is 0.476. The SMILES string of the molecule is Cc1ccccc1-n1nc(C)c(CCC(=O)NCCN(C)C)c1Oc1cccc(F)c1. The predicted molar refractivity (Wildman–Crippen MR) is 119 cm³/mol. The standard InChI is InChI=1S/C24H29FN4O2/c1-17-8-5-6-11-22(17)29-24(31-20-10-7-9-19(25)16-20)21(18(2)27-29)12-13-23(30)26-14-15-28(3)4/h5-11,16H,12-15H2,1-4H3,(H,26,30). The Balaban J connectivity index is 1.89. The highest BCUT2D eigenvalue weighted by Gasteiger charge is 2.20. The van der Waals surface area contributed by atoms with E-state index >= 15 is 0 Å². The summed E-state index contributed by atoms with van der Waals surface area (Å²) in [6.45, 7) is 5.27. The van der Waals surface area contributed by atoms with Gasteiger partial charge in [0.05, 0.1) is 11.4 Å². The minimum Gasteiger partial charge on any atom is -0.439 e. The molecule has 0 aliphatic rings. The molecule has 7 heteroatoms. The number of nitrogens with zero attached hydrogens (tertiary/aromatic N) is 3. The topological polar surface area (TPSA) is 59.4 Å². The van der Waals surface area contributed by atoms with Gasteiger partial charge in [-0.1, -0.05) is 24.3 Å². The molecule has 31 heavy (non-hydrogen) atoms. The summed E-state index contributed by atoms with van der Waals surface area (Å²) in [5.41, 5.74) is 3.51. The van der Waals surface area contributed by atoms with Crippen molar-refractivity contribution in [2.24, 2.45) is 0 Å². The third-order valence-electron chi connectivity index (χ3n) is 4.97. The molecule has 1 N–H and O–H groups in total. The molecule has 0 bridgehead atoms. The molecule has 0 unspecified atom stereocenters. The molecule has 0 aliphatic heterocycles. The van der Waals surface area contributed by atoms with Crippen molar-refractivity contribution >= 4 is 5.91 Å². The van der Waals surface area contributed by atoms with Crippen LogP contribution in [0.25, 0.3) is 5.69 Å². The molecular formula is C24H29FN4O2. The maximum absolute atomic E-state index is 13.7. The Morgan fingerprint density at radius 3 is 2.65 bits per heavy atom. The van der Waals surface area contributed by atoms with Crippen LogP contribution in [0.5, 0.6) is 11.6 Å². The highest BCUT2D eigenvalue weighted by molar-refractivity contribution is 5.76. The summed E-state index contributed by atoms with van der Waals surface area (Å²) < 4.78 is 21.6. The molecule has 1 aromatic heterocycles. The average molecular weight is 425 g/mol. The monoisotopic (exact) mass is 424 g/mol. The highest BCUT2D eigenvalue weighted by atomic mass is 19.1. The summed E-state index contributed by atoms with van der Waals surface area (Å²) >= 11 is 0. The van der Waals surface area contributed by atoms with E-state index in [4.69, 9.17) is 4.74 Å². The molecule has 0 aliphatic carbocycles. The van der Waals surface area contributed by atoms with Crippen LogP contribution in [0.15, 0.2) is 48.5 Å². The summed E-state index contributed by atoms with van der Waals surface area (Å²) in [4.78, 5) is 14.3. The predicted octanol–water partition coefficient (Wildman–Crippen LogP) is 4.03. The first-order valence-corrected chi connectivity index (χ1v) is 10.3. The minimum atomic E-state index is -0.377. The summed E-state index contributed by atoms with van der Waals surface area (Å²) in [5, 5.41) is 7.61. The molecule has 0 radical (unpaired) electrons. The molecule has 0 saturated carbocycles. The van der Waals surface area contributed by atoms with Gasteiger partial charge in [0, 0.05) is 31.1 Å². The second-order valence-electron chi connectivity index (χ2n) is 7.78. The molecule has 1 heterocycles. The lowest BCUT2D eigenvalue weighted by Gasteiger charge is -2.13. The quantitative estimate of drug-likeness (QED) is 0.563. The van der Waals surface area contributed by atoms with Gasteiger partial charge in [-0.25, -0.2) is 4.39 Å². The van der Waals surface area contributed by atoms with E-state index in [9.17, 15) is 9.18 Å². The minimum absolute atomic E-state index is 0.0263. The highest BCUT2D eigenvalue weighted by Crippen LogP contribution is 2.32. The van der Waals surface area contributed by atoms with Crippen molar-refractivity contribution < 1.29 is 13.9 Å². The lowest BCUT2D eigenvalue weighted by molar-refractivity contribution is -0.121. The number of amides is 1. The number of aryl methyl sites for hydroxylation is 2. The smallest absolute Gasteiger partial charge is 0.226 e. The van der Waals surface area contributed by atoms with Crippen LogP contribution >= 0.6 is 0 Å². The molecule has 2 aromatic carbocycles. The van der Waals surface area contributed by atoms with Crippen LogP contribution in [0.3, 0.4) is 0 Å². The van der Waals surface area contributed by atoms with Crippen LogP contribution in [-0.2, 0) is 11.2 Å². The molecule has 164 valence electrons. The van der Waals surface area contributed by atoms with Crippen molar-refractivity contribution in [1.82, 2.24) is 20.0 Å². The Labute approximate surface area is 182 Å². The normalized spacial score (nSPS) is 11.0. The Morgan fingerprint density at radius 2 is 1.94 bits per heavy atom. The Kier molecular flexibility index (Phi) is 7.41. The zero-order valence-electron chi connectivity index (χ0n) is 18.5. The fourth-order valence-electron chi connectivity index (χ4n) is 3.28. The number of ether oxygens (including phenoxy) is 1. The molecule has 0 saturated heterocycles. The van der Waals surface area contributed by atoms with Crippen LogP contribution in [0, 0.1) is 19.7 Å². The van der Waals surface area contributed by atoms with Crippen molar-refractivity contribution in [3.05, 3.63) is 71.2 Å². The molecule has 6 nitrogen and oxygen atoms in total. The number of hydrogen-bond acceptors (Lipinski definition) is 4. The third-order valence-corrected chi connectivity index (χ3v) is 4.97. The number of rotatable bonds is 9. The molecule has 1 amide bonds. The Morgan fingerprint density at radius 1 is 1.16 bits per heavy atom. The second-order valence-corrected chi connectivity index (χ2v) is 7.78. The van der Waals surface area contributed by atoms with Crippen molar-refractivity contribution in [3.8, 4) is 17.3 Å². The van der Waals surface area contributed by atoms with Crippen LogP contribution in [0.4, 0.5) is 4.39 Å². The summed E-state index contributed by atoms with van der Waals surface area (Å²) in [7, 11) is 3.93. The largest absolute Gasteiger partial charge is 0.439 e. The number of likely N-dealkylation sites (N-methyl/N-ethyl adjacent to an activating group) is 1. The van der Waals surface area contributed by atoms with Crippen molar-refractivity contribution in [2.45, 2.75) is 26.7 Å². The molecule has 3 rings (SSSR count). The van der Waals surface area contributed by atoms with E-state index < -0.39 is 0 Å². The summed E-state index contributed by atoms with van der Waals surface area (Å²) in [6, 6.07) is 13.9. The van der Waals surface area contributed by atoms with Gasteiger partial charge >= 0.3 is 0 Å². The van der Waals surface area contributed by atoms with Crippen LogP contribution in [0.1, 0.15) is 23.2 Å². The van der Waals surface area contributed by atoms with Gasteiger partial charge in [-0.2, -0.15) is 9.78 Å². The van der Waals surface area contributed by atoms with E-state index in [-0.39, 0.29) is 11.7 Å². The number of hydrogen-bond donors (Lipinski definition) is 1. The van der Waals surface area contributed by atoms with Crippen LogP contribution in [-0.4, -0.2) is 47.8 Å². The van der Waals surface area contributed by atoms with Gasteiger partial charge in [0.2, 0.25) is 11.8 Å². The van der Waals surface area contributed by atoms with Crippen LogP contribution in [0.2, 0.25) is 0 Å². The van der Waals surface area contributed by atoms with E-state index in [0.29, 0.717) is 31.0 Å². The molecule has 0 spiro atoms. The third kappa shape index (κ3) is 5.92. The molecule has 0 fully saturated rings. The van der Waals surface area contributed by atoms with Gasteiger partial charge in [0.15, 0.2) is 0 Å². The first-order chi connectivity index (χ1) is 14.8. The van der Waals surface area contributed by atoms with Crippen LogP contribution < -0.4 is 10.1 Å². The van der Waals surface area contributed by atoms with Gasteiger partial charge in [0.1, 0.15) is 11.6 Å². The molecule has 3 aromatic rings. The summed E-state index contributed by atoms with van der Waals surface area (Å²) in [6.07, 6.45) is 0.781. The maximum atomic E-state index is 13.7. The second kappa shape index (κ2) is 10.2. The lowest BCUT2D eigenvalue weighted by atomic mass is 10.1. The van der Waals surface area contributed by atoms with Gasteiger partial charge in [-0.05, 0) is 58.1 Å². The van der Waals surface area contributed by atoms with Gasteiger partial charge in [-0.3, -0.25) is 4.79 Å². The fourth-order valence-corrected chi connectivity index (χ4v) is 3.28. The number of para-hydroxylation sites is 1. The number of aromatic nitrogens is 2. The number of halogens is 1. The number of benzene rings is 2. The van der Waals surface area contributed by atoms with E-state index in [2.05, 4.69) is 10.4 Å². The number of nitrogens with one attached hydrogen (secondary N) is 1. The van der Waals surface area contributed by atoms with Gasteiger partial charge < -0.3 is 15.0 Å². The first kappa shape index (κ1) is 22.5. The molecular weight excluding hydrogens is 395 g/mol. The maximum Gasteiger partial charge on any atom is 0.226 e. The molecule has 0 atom stereocenters. The van der Waals surface area contributed by atoms with E-state index in [1.54, 1.807) is 16.8 Å². The van der Waals surface area contributed by atoms with Crippen molar-refractivity contribution in [3.63, 3.8) is 0 Å². The van der Waals surface area contributed by atoms with Gasteiger partial charge in [0.25, 0.3) is 0 Å². The average Bonchev–Trinajstić information content (AvgIpc) is 3.01. The first-order valence-electron chi connectivity index (χ1n) is 10.3. The Hall–Kier alpha value is -3.19. The lowest BCUT2D eigenvalue weighted by Crippen LogP contribution is -2.31. The number of carbonyl (C=O) groups excluding carboxylic acids is 1. The Bertz CT molecular complexity index is 1050. The van der Waals surface area contributed by atoms with Gasteiger partial charge in [-0.15, -0.1) is 0 Å². The van der Waals surface area contributed by atoms with E-state index in [1.165, 1.54) is 12.1 Å². The van der Waals surface area contributed by atoms with E-state index in [1.807, 2.05) is 57.1 Å². The zero-order chi connectivity index (χ0) is 22.4. The number of carbonyl (C=O) groups is 1. The van der Waals surface area contributed by atoms with Crippen molar-refractivity contribution in [1.29, 1.82) is 0 Å². The van der Waals surface area contributed by atoms with E-state index in [0.717, 1.165) is 29.1 Å². The van der Waals surface area contributed by atoms with Crippen molar-refractivity contribution in [2.75, 3.05) is 27.2 Å².